The van der Waals surface area contributed by atoms with Gasteiger partial charge in [-0.2, -0.15) is 13.2 Å². The number of hydrogen-bond donors (Lipinski definition) is 1. The van der Waals surface area contributed by atoms with Crippen LogP contribution in [0.15, 0.2) is 90.5 Å². The Morgan fingerprint density at radius 1 is 1.00 bits per heavy atom. The number of benzene rings is 3. The third-order valence-corrected chi connectivity index (χ3v) is 8.96. The summed E-state index contributed by atoms with van der Waals surface area (Å²) in [5, 5.41) is -0.0397. The minimum absolute atomic E-state index is 0.0397. The second-order valence-electron chi connectivity index (χ2n) is 10.7. The van der Waals surface area contributed by atoms with Crippen LogP contribution in [-0.2, 0) is 16.2 Å². The predicted molar refractivity (Wildman–Crippen MR) is 156 cm³/mol. The summed E-state index contributed by atoms with van der Waals surface area (Å²) in [4.78, 5) is 18.4. The van der Waals surface area contributed by atoms with Gasteiger partial charge in [-0.15, -0.1) is 9.24 Å². The average molecular weight is 564 g/mol. The molecule has 0 radical (unpaired) electrons. The Labute approximate surface area is 235 Å². The fourth-order valence-electron chi connectivity index (χ4n) is 5.76. The lowest BCUT2D eigenvalue weighted by Gasteiger charge is -2.31. The molecule has 3 atom stereocenters. The molecular formula is C33H33F3NO2P. The van der Waals surface area contributed by atoms with Gasteiger partial charge in [0.15, 0.2) is 0 Å². The maximum atomic E-state index is 12.9. The van der Waals surface area contributed by atoms with Crippen molar-refractivity contribution >= 4 is 20.7 Å². The number of hydrogen-bond acceptors (Lipinski definition) is 2. The Morgan fingerprint density at radius 3 is 2.45 bits per heavy atom. The molecule has 0 aromatic heterocycles. The van der Waals surface area contributed by atoms with E-state index in [1.165, 1.54) is 34.4 Å². The molecule has 3 aromatic carbocycles. The van der Waals surface area contributed by atoms with Crippen molar-refractivity contribution in [2.75, 3.05) is 6.61 Å². The second-order valence-corrected chi connectivity index (χ2v) is 11.7. The Kier molecular flexibility index (Phi) is 8.30. The number of carbonyl (C=O) groups excluding carboxylic acids is 1. The van der Waals surface area contributed by atoms with Crippen LogP contribution in [0.5, 0.6) is 0 Å². The van der Waals surface area contributed by atoms with Crippen molar-refractivity contribution in [2.45, 2.75) is 50.4 Å². The van der Waals surface area contributed by atoms with E-state index in [1.54, 1.807) is 24.3 Å². The van der Waals surface area contributed by atoms with Crippen LogP contribution >= 0.6 is 9.24 Å². The molecule has 2 aliphatic rings. The molecule has 0 fully saturated rings. The highest BCUT2D eigenvalue weighted by Gasteiger charge is 2.40. The van der Waals surface area contributed by atoms with Gasteiger partial charge in [-0.05, 0) is 89.6 Å². The summed E-state index contributed by atoms with van der Waals surface area (Å²) in [7, 11) is 3.16. The number of fused-ring (bicyclic) bond motifs is 2. The monoisotopic (exact) mass is 563 g/mol. The molecule has 3 aromatic rings. The van der Waals surface area contributed by atoms with E-state index in [2.05, 4.69) is 58.1 Å². The fourth-order valence-corrected chi connectivity index (χ4v) is 6.47. The highest BCUT2D eigenvalue weighted by molar-refractivity contribution is 7.19. The number of rotatable bonds is 9. The zero-order valence-electron chi connectivity index (χ0n) is 22.4. The highest BCUT2D eigenvalue weighted by Crippen LogP contribution is 2.56. The Hall–Kier alpha value is -3.21. The molecule has 40 heavy (non-hydrogen) atoms. The van der Waals surface area contributed by atoms with Crippen LogP contribution in [0.3, 0.4) is 0 Å². The van der Waals surface area contributed by atoms with Crippen molar-refractivity contribution in [3.63, 3.8) is 0 Å². The van der Waals surface area contributed by atoms with Gasteiger partial charge in [0.1, 0.15) is 0 Å². The zero-order valence-corrected chi connectivity index (χ0v) is 23.6. The van der Waals surface area contributed by atoms with E-state index in [4.69, 9.17) is 4.84 Å². The van der Waals surface area contributed by atoms with Crippen molar-refractivity contribution in [3.8, 4) is 11.1 Å². The predicted octanol–water partition coefficient (Wildman–Crippen LogP) is 8.73. The minimum Gasteiger partial charge on any atom is -0.273 e. The normalized spacial score (nSPS) is 18.8. The largest absolute Gasteiger partial charge is 0.416 e. The van der Waals surface area contributed by atoms with Crippen LogP contribution in [-0.4, -0.2) is 12.5 Å². The van der Waals surface area contributed by atoms with Crippen LogP contribution < -0.4 is 5.48 Å². The third kappa shape index (κ3) is 5.80. The maximum Gasteiger partial charge on any atom is 0.416 e. The van der Waals surface area contributed by atoms with Gasteiger partial charge < -0.3 is 0 Å². The molecule has 1 N–H and O–H groups in total. The Morgan fingerprint density at radius 2 is 1.70 bits per heavy atom. The number of alkyl halides is 3. The molecule has 1 amide bonds. The minimum atomic E-state index is -4.41. The van der Waals surface area contributed by atoms with E-state index in [0.29, 0.717) is 29.2 Å². The maximum absolute atomic E-state index is 12.9. The summed E-state index contributed by atoms with van der Waals surface area (Å²) < 4.78 is 38.8. The molecule has 2 aliphatic carbocycles. The van der Waals surface area contributed by atoms with Gasteiger partial charge in [0.05, 0.1) is 12.2 Å². The fraction of sp³-hybridized carbons (Fsp3) is 0.303. The van der Waals surface area contributed by atoms with Crippen molar-refractivity contribution in [2.24, 2.45) is 5.92 Å². The van der Waals surface area contributed by atoms with E-state index in [0.717, 1.165) is 44.2 Å². The molecule has 5 rings (SSSR count). The topological polar surface area (TPSA) is 38.3 Å². The number of halogens is 3. The molecule has 3 nitrogen and oxygen atoms in total. The second kappa shape index (κ2) is 11.7. The van der Waals surface area contributed by atoms with E-state index in [1.807, 2.05) is 0 Å². The van der Waals surface area contributed by atoms with Gasteiger partial charge in [-0.1, -0.05) is 73.7 Å². The molecule has 3 unspecified atom stereocenters. The first kappa shape index (κ1) is 28.3. The number of nitrogens with one attached hydrogen (secondary N) is 1. The molecule has 0 aliphatic heterocycles. The summed E-state index contributed by atoms with van der Waals surface area (Å²) in [5.41, 5.74) is 8.83. The molecule has 0 bridgehead atoms. The standard InChI is InChI=1S/C33H33F3NO2P/c1-22(18-20-32(40)29-12-6-4-9-26(29)27-10-5-7-13-30(27)32)19-21-39-37-31(38)28-11-3-2-8-25(28)23-14-16-24(17-15-23)33(34,35)36/h2-6,8-12,14-17,22H,7,13,18-21,40H2,1H3,(H,37,38). The van der Waals surface area contributed by atoms with E-state index < -0.39 is 17.6 Å². The smallest absolute Gasteiger partial charge is 0.273 e. The van der Waals surface area contributed by atoms with Crippen molar-refractivity contribution in [3.05, 3.63) is 113 Å². The summed E-state index contributed by atoms with van der Waals surface area (Å²) in [6.45, 7) is 2.57. The number of hydroxylamine groups is 1. The van der Waals surface area contributed by atoms with Gasteiger partial charge in [0.2, 0.25) is 0 Å². The molecule has 0 heterocycles. The number of carbonyl (C=O) groups is 1. The molecule has 208 valence electrons. The SMILES string of the molecule is CC(CCONC(=O)c1ccccc1-c1ccc(C(F)(F)F)cc1)CCC1(P)C2=C(C=CCC2)c2ccccc21. The van der Waals surface area contributed by atoms with Crippen LogP contribution in [0, 0.1) is 5.92 Å². The summed E-state index contributed by atoms with van der Waals surface area (Å²) >= 11 is 0. The first-order chi connectivity index (χ1) is 19.2. The van der Waals surface area contributed by atoms with Crippen LogP contribution in [0.25, 0.3) is 16.7 Å². The number of allylic oxidation sites excluding steroid dienone is 4. The molecule has 0 saturated heterocycles. The van der Waals surface area contributed by atoms with Gasteiger partial charge in [0.25, 0.3) is 5.91 Å². The van der Waals surface area contributed by atoms with Crippen LogP contribution in [0.4, 0.5) is 13.2 Å². The van der Waals surface area contributed by atoms with Crippen molar-refractivity contribution in [1.29, 1.82) is 0 Å². The lowest BCUT2D eigenvalue weighted by Crippen LogP contribution is -2.25. The van der Waals surface area contributed by atoms with Gasteiger partial charge >= 0.3 is 6.18 Å². The first-order valence-corrected chi connectivity index (χ1v) is 14.2. The molecular weight excluding hydrogens is 530 g/mol. The zero-order chi connectivity index (χ0) is 28.3. The Bertz CT molecular complexity index is 1440. The van der Waals surface area contributed by atoms with Crippen LogP contribution in [0.2, 0.25) is 0 Å². The average Bonchev–Trinajstić information content (AvgIpc) is 3.22. The van der Waals surface area contributed by atoms with Crippen molar-refractivity contribution in [1.82, 2.24) is 5.48 Å². The third-order valence-electron chi connectivity index (χ3n) is 8.01. The summed E-state index contributed by atoms with van der Waals surface area (Å²) in [5.74, 6) is -0.0378. The molecule has 0 spiro atoms. The Balaban J connectivity index is 1.14. The van der Waals surface area contributed by atoms with Crippen LogP contribution in [0.1, 0.15) is 66.1 Å². The van der Waals surface area contributed by atoms with Crippen molar-refractivity contribution < 1.29 is 22.8 Å². The lowest BCUT2D eigenvalue weighted by atomic mass is 9.84. The molecule has 0 saturated carbocycles. The van der Waals surface area contributed by atoms with E-state index in [-0.39, 0.29) is 5.16 Å². The number of amides is 1. The quantitative estimate of drug-likeness (QED) is 0.161. The van der Waals surface area contributed by atoms with E-state index in [9.17, 15) is 18.0 Å². The molecule has 7 heteroatoms. The highest BCUT2D eigenvalue weighted by atomic mass is 31.0. The summed E-state index contributed by atoms with van der Waals surface area (Å²) in [6, 6.07) is 20.3. The first-order valence-electron chi connectivity index (χ1n) is 13.7. The van der Waals surface area contributed by atoms with Gasteiger partial charge in [-0.3, -0.25) is 9.63 Å². The van der Waals surface area contributed by atoms with E-state index >= 15 is 0 Å². The van der Waals surface area contributed by atoms with Gasteiger partial charge in [-0.25, -0.2) is 5.48 Å². The summed E-state index contributed by atoms with van der Waals surface area (Å²) in [6.07, 6.45) is 5.12. The lowest BCUT2D eigenvalue weighted by molar-refractivity contribution is -0.137. The van der Waals surface area contributed by atoms with Gasteiger partial charge in [0, 0.05) is 10.7 Å².